The molecule has 0 fully saturated rings. The molecule has 1 atom stereocenters. The first-order valence-electron chi connectivity index (χ1n) is 6.63. The number of carbonyl (C=O) groups excluding carboxylic acids is 1. The summed E-state index contributed by atoms with van der Waals surface area (Å²) in [7, 11) is 0. The molecule has 3 nitrogen and oxygen atoms in total. The normalized spacial score (nSPS) is 23.2. The third kappa shape index (κ3) is 1.43. The summed E-state index contributed by atoms with van der Waals surface area (Å²) < 4.78 is 5.70. The van der Waals surface area contributed by atoms with E-state index in [1.165, 1.54) is 0 Å². The Morgan fingerprint density at radius 2 is 1.75 bits per heavy atom. The molecule has 2 heterocycles. The summed E-state index contributed by atoms with van der Waals surface area (Å²) >= 11 is 0. The number of fused-ring (bicyclic) bond motifs is 3. The van der Waals surface area contributed by atoms with Crippen molar-refractivity contribution >= 4 is 17.2 Å². The molecule has 2 aromatic carbocycles. The zero-order chi connectivity index (χ0) is 13.6. The molecule has 0 bridgehead atoms. The molecule has 0 aliphatic carbocycles. The molecule has 2 aliphatic heterocycles. The molecule has 0 saturated carbocycles. The number of ether oxygens (including phenoxy) is 1. The first-order chi connectivity index (χ1) is 9.79. The highest BCUT2D eigenvalue weighted by molar-refractivity contribution is 6.02. The van der Waals surface area contributed by atoms with Gasteiger partial charge in [-0.3, -0.25) is 0 Å². The van der Waals surface area contributed by atoms with Gasteiger partial charge in [-0.25, -0.2) is 4.79 Å². The molecular weight excluding hydrogens is 250 g/mol. The zero-order valence-electron chi connectivity index (χ0n) is 10.8. The van der Waals surface area contributed by atoms with Crippen molar-refractivity contribution in [2.24, 2.45) is 0 Å². The number of benzene rings is 2. The van der Waals surface area contributed by atoms with Crippen LogP contribution in [0.15, 0.2) is 60.7 Å². The summed E-state index contributed by atoms with van der Waals surface area (Å²) in [6.07, 6.45) is 1.62. The van der Waals surface area contributed by atoms with Crippen LogP contribution >= 0.6 is 0 Å². The first-order valence-corrected chi connectivity index (χ1v) is 6.63. The number of anilines is 1. The lowest BCUT2D eigenvalue weighted by atomic mass is 9.80. The number of esters is 1. The Morgan fingerprint density at radius 1 is 1.00 bits per heavy atom. The minimum atomic E-state index is -0.702. The fourth-order valence-corrected chi connectivity index (χ4v) is 3.03. The maximum absolute atomic E-state index is 11.9. The smallest absolute Gasteiger partial charge is 0.332 e. The van der Waals surface area contributed by atoms with Crippen LogP contribution < -0.4 is 5.32 Å². The summed E-state index contributed by atoms with van der Waals surface area (Å²) in [5.41, 5.74) is 3.33. The van der Waals surface area contributed by atoms with Crippen molar-refractivity contribution < 1.29 is 9.53 Å². The van der Waals surface area contributed by atoms with E-state index in [1.54, 1.807) is 6.08 Å². The second-order valence-electron chi connectivity index (χ2n) is 5.07. The Hall–Kier alpha value is -2.55. The van der Waals surface area contributed by atoms with Crippen LogP contribution in [0, 0.1) is 0 Å². The van der Waals surface area contributed by atoms with Crippen molar-refractivity contribution in [3.05, 3.63) is 71.8 Å². The van der Waals surface area contributed by atoms with Gasteiger partial charge in [0.2, 0.25) is 0 Å². The van der Waals surface area contributed by atoms with Crippen LogP contribution in [0.25, 0.3) is 5.57 Å². The van der Waals surface area contributed by atoms with Gasteiger partial charge in [0.15, 0.2) is 5.60 Å². The first kappa shape index (κ1) is 11.3. The number of carbonyl (C=O) groups is 1. The number of para-hydroxylation sites is 1. The van der Waals surface area contributed by atoms with Gasteiger partial charge in [-0.2, -0.15) is 0 Å². The maximum Gasteiger partial charge on any atom is 0.332 e. The van der Waals surface area contributed by atoms with Gasteiger partial charge in [-0.05, 0) is 6.07 Å². The molecule has 1 N–H and O–H groups in total. The average Bonchev–Trinajstić information content (AvgIpc) is 2.86. The Bertz CT molecular complexity index is 721. The van der Waals surface area contributed by atoms with Gasteiger partial charge < -0.3 is 10.1 Å². The van der Waals surface area contributed by atoms with Crippen LogP contribution in [-0.2, 0) is 15.1 Å². The minimum absolute atomic E-state index is 0.276. The highest BCUT2D eigenvalue weighted by Crippen LogP contribution is 2.48. The SMILES string of the molecule is O=C1C=C2c3ccccc3NCC2(c2ccccc2)O1. The molecule has 0 amide bonds. The van der Waals surface area contributed by atoms with Gasteiger partial charge in [0, 0.05) is 28.5 Å². The quantitative estimate of drug-likeness (QED) is 0.804. The summed E-state index contributed by atoms with van der Waals surface area (Å²) in [6.45, 7) is 0.561. The van der Waals surface area contributed by atoms with Crippen LogP contribution in [0.5, 0.6) is 0 Å². The zero-order valence-corrected chi connectivity index (χ0v) is 10.8. The second-order valence-corrected chi connectivity index (χ2v) is 5.07. The van der Waals surface area contributed by atoms with Crippen LogP contribution in [0.4, 0.5) is 5.69 Å². The largest absolute Gasteiger partial charge is 0.444 e. The van der Waals surface area contributed by atoms with E-state index in [0.29, 0.717) is 6.54 Å². The standard InChI is InChI=1S/C17H13NO2/c19-16-10-14-13-8-4-5-9-15(13)18-11-17(14,20-16)12-6-2-1-3-7-12/h1-10,18H,11H2. The third-order valence-corrected chi connectivity index (χ3v) is 3.96. The Kier molecular flexibility index (Phi) is 2.24. The molecule has 2 aromatic rings. The van der Waals surface area contributed by atoms with Gasteiger partial charge in [0.25, 0.3) is 0 Å². The highest BCUT2D eigenvalue weighted by atomic mass is 16.6. The molecule has 20 heavy (non-hydrogen) atoms. The number of nitrogens with one attached hydrogen (secondary N) is 1. The lowest BCUT2D eigenvalue weighted by Crippen LogP contribution is -2.39. The molecule has 0 aromatic heterocycles. The van der Waals surface area contributed by atoms with Crippen LogP contribution in [0.2, 0.25) is 0 Å². The number of hydrogen-bond acceptors (Lipinski definition) is 3. The van der Waals surface area contributed by atoms with E-state index >= 15 is 0 Å². The lowest BCUT2D eigenvalue weighted by Gasteiger charge is -2.37. The van der Waals surface area contributed by atoms with Crippen LogP contribution in [-0.4, -0.2) is 12.5 Å². The second kappa shape index (κ2) is 3.97. The van der Waals surface area contributed by atoms with Gasteiger partial charge in [-0.1, -0.05) is 48.5 Å². The molecule has 0 radical (unpaired) electrons. The van der Waals surface area contributed by atoms with E-state index in [0.717, 1.165) is 22.4 Å². The van der Waals surface area contributed by atoms with E-state index in [9.17, 15) is 4.79 Å². The Morgan fingerprint density at radius 3 is 2.60 bits per heavy atom. The van der Waals surface area contributed by atoms with E-state index in [-0.39, 0.29) is 5.97 Å². The fraction of sp³-hybridized carbons (Fsp3) is 0.118. The third-order valence-electron chi connectivity index (χ3n) is 3.96. The molecule has 0 saturated heterocycles. The van der Waals surface area contributed by atoms with E-state index < -0.39 is 5.60 Å². The van der Waals surface area contributed by atoms with Gasteiger partial charge in [0.1, 0.15) is 0 Å². The average molecular weight is 263 g/mol. The molecule has 4 rings (SSSR count). The van der Waals surface area contributed by atoms with Crippen molar-refractivity contribution in [2.75, 3.05) is 11.9 Å². The van der Waals surface area contributed by atoms with E-state index in [2.05, 4.69) is 5.32 Å². The van der Waals surface area contributed by atoms with Gasteiger partial charge >= 0.3 is 5.97 Å². The molecule has 98 valence electrons. The van der Waals surface area contributed by atoms with Crippen LogP contribution in [0.1, 0.15) is 11.1 Å². The van der Waals surface area contributed by atoms with Gasteiger partial charge in [-0.15, -0.1) is 0 Å². The monoisotopic (exact) mass is 263 g/mol. The van der Waals surface area contributed by atoms with Crippen molar-refractivity contribution in [2.45, 2.75) is 5.60 Å². The van der Waals surface area contributed by atoms with Crippen molar-refractivity contribution in [1.82, 2.24) is 0 Å². The molecular formula is C17H13NO2. The maximum atomic E-state index is 11.9. The number of rotatable bonds is 1. The molecule has 2 aliphatic rings. The molecule has 3 heteroatoms. The lowest BCUT2D eigenvalue weighted by molar-refractivity contribution is -0.145. The summed E-state index contributed by atoms with van der Waals surface area (Å²) in [6, 6.07) is 17.9. The fourth-order valence-electron chi connectivity index (χ4n) is 3.03. The summed E-state index contributed by atoms with van der Waals surface area (Å²) in [5.74, 6) is -0.276. The van der Waals surface area contributed by atoms with Crippen molar-refractivity contribution in [3.63, 3.8) is 0 Å². The minimum Gasteiger partial charge on any atom is -0.444 e. The van der Waals surface area contributed by atoms with Crippen molar-refractivity contribution in [3.8, 4) is 0 Å². The van der Waals surface area contributed by atoms with Crippen LogP contribution in [0.3, 0.4) is 0 Å². The summed E-state index contributed by atoms with van der Waals surface area (Å²) in [5, 5.41) is 3.38. The summed E-state index contributed by atoms with van der Waals surface area (Å²) in [4.78, 5) is 11.9. The van der Waals surface area contributed by atoms with Gasteiger partial charge in [0.05, 0.1) is 6.54 Å². The Balaban J connectivity index is 1.94. The highest BCUT2D eigenvalue weighted by Gasteiger charge is 2.48. The number of hydrogen-bond donors (Lipinski definition) is 1. The topological polar surface area (TPSA) is 38.3 Å². The predicted octanol–water partition coefficient (Wildman–Crippen LogP) is 2.95. The van der Waals surface area contributed by atoms with E-state index in [4.69, 9.17) is 4.74 Å². The van der Waals surface area contributed by atoms with Crippen molar-refractivity contribution in [1.29, 1.82) is 0 Å². The van der Waals surface area contributed by atoms with E-state index in [1.807, 2.05) is 54.6 Å². The molecule has 1 unspecified atom stereocenters. The molecule has 0 spiro atoms. The predicted molar refractivity (Wildman–Crippen MR) is 77.1 cm³/mol. The Labute approximate surface area is 116 Å².